The van der Waals surface area contributed by atoms with Crippen LogP contribution in [0, 0.1) is 6.92 Å². The Labute approximate surface area is 161 Å². The number of para-hydroxylation sites is 1. The lowest BCUT2D eigenvalue weighted by atomic mass is 10.0. The molecule has 2 aromatic heterocycles. The zero-order chi connectivity index (χ0) is 18.4. The maximum absolute atomic E-state index is 13.1. The molecule has 5 rings (SSSR count). The molecule has 2 saturated heterocycles. The number of piperidine rings is 1. The van der Waals surface area contributed by atoms with Gasteiger partial charge in [0.05, 0.1) is 29.5 Å². The molecule has 1 amide bonds. The van der Waals surface area contributed by atoms with Crippen molar-refractivity contribution < 1.29 is 14.3 Å². The lowest BCUT2D eigenvalue weighted by Crippen LogP contribution is -2.47. The van der Waals surface area contributed by atoms with E-state index in [2.05, 4.69) is 5.10 Å². The first kappa shape index (κ1) is 16.9. The molecule has 1 aromatic carbocycles. The number of hydrogen-bond acceptors (Lipinski definition) is 5. The molecule has 3 aromatic rings. The number of rotatable bonds is 2. The first-order valence-electron chi connectivity index (χ1n) is 9.27. The van der Waals surface area contributed by atoms with Gasteiger partial charge in [0, 0.05) is 31.3 Å². The van der Waals surface area contributed by atoms with Crippen molar-refractivity contribution in [2.75, 3.05) is 26.3 Å². The molecule has 2 aliphatic heterocycles. The number of benzene rings is 1. The second-order valence-corrected chi connectivity index (χ2v) is 8.09. The maximum atomic E-state index is 13.1. The predicted molar refractivity (Wildman–Crippen MR) is 103 cm³/mol. The van der Waals surface area contributed by atoms with Gasteiger partial charge < -0.3 is 14.4 Å². The Morgan fingerprint density at radius 2 is 1.85 bits per heavy atom. The molecule has 6 nitrogen and oxygen atoms in total. The van der Waals surface area contributed by atoms with Crippen molar-refractivity contribution in [1.82, 2.24) is 14.7 Å². The molecule has 7 heteroatoms. The summed E-state index contributed by atoms with van der Waals surface area (Å²) < 4.78 is 13.5. The van der Waals surface area contributed by atoms with E-state index < -0.39 is 5.79 Å². The minimum atomic E-state index is -0.457. The largest absolute Gasteiger partial charge is 0.347 e. The van der Waals surface area contributed by atoms with Crippen LogP contribution >= 0.6 is 11.3 Å². The average molecular weight is 383 g/mol. The van der Waals surface area contributed by atoms with Gasteiger partial charge in [0.2, 0.25) is 0 Å². The number of thiophene rings is 1. The number of aromatic nitrogens is 2. The molecule has 4 heterocycles. The van der Waals surface area contributed by atoms with Gasteiger partial charge >= 0.3 is 0 Å². The summed E-state index contributed by atoms with van der Waals surface area (Å²) in [5.41, 5.74) is 1.95. The Kier molecular flexibility index (Phi) is 4.03. The van der Waals surface area contributed by atoms with Crippen LogP contribution in [0.4, 0.5) is 0 Å². The first-order chi connectivity index (χ1) is 13.2. The molecule has 0 radical (unpaired) electrons. The molecule has 1 spiro atoms. The highest BCUT2D eigenvalue weighted by atomic mass is 32.1. The number of hydrogen-bond donors (Lipinski definition) is 0. The second-order valence-electron chi connectivity index (χ2n) is 7.06. The molecule has 0 saturated carbocycles. The number of amides is 1. The van der Waals surface area contributed by atoms with E-state index in [4.69, 9.17) is 9.47 Å². The van der Waals surface area contributed by atoms with E-state index in [1.807, 2.05) is 52.9 Å². The Morgan fingerprint density at radius 1 is 1.15 bits per heavy atom. The van der Waals surface area contributed by atoms with Crippen molar-refractivity contribution >= 4 is 27.5 Å². The van der Waals surface area contributed by atoms with Crippen LogP contribution in [0.3, 0.4) is 0 Å². The third-order valence-electron chi connectivity index (χ3n) is 5.38. The fourth-order valence-electron chi connectivity index (χ4n) is 3.89. The molecular weight excluding hydrogens is 362 g/mol. The lowest BCUT2D eigenvalue weighted by molar-refractivity contribution is -0.181. The maximum Gasteiger partial charge on any atom is 0.264 e. The van der Waals surface area contributed by atoms with E-state index in [9.17, 15) is 4.79 Å². The summed E-state index contributed by atoms with van der Waals surface area (Å²) >= 11 is 1.51. The fourth-order valence-corrected chi connectivity index (χ4v) is 5.04. The third-order valence-corrected chi connectivity index (χ3v) is 6.48. The number of carbonyl (C=O) groups is 1. The standard InChI is InChI=1S/C20H21N3O3S/c1-14-16-13-17(27-19(16)23(21-14)15-5-3-2-4-6-15)18(24)22-9-7-20(8-10-22)25-11-12-26-20/h2-6,13H,7-12H2,1H3. The number of aryl methyl sites for hydroxylation is 1. The van der Waals surface area contributed by atoms with E-state index in [1.54, 1.807) is 0 Å². The number of likely N-dealkylation sites (tertiary alicyclic amines) is 1. The predicted octanol–water partition coefficient (Wildman–Crippen LogP) is 3.37. The van der Waals surface area contributed by atoms with E-state index in [0.29, 0.717) is 26.3 Å². The summed E-state index contributed by atoms with van der Waals surface area (Å²) in [4.78, 5) is 16.7. The summed E-state index contributed by atoms with van der Waals surface area (Å²) in [7, 11) is 0. The van der Waals surface area contributed by atoms with Crippen LogP contribution in [0.5, 0.6) is 0 Å². The van der Waals surface area contributed by atoms with Gasteiger partial charge in [-0.2, -0.15) is 5.10 Å². The molecule has 0 atom stereocenters. The Bertz CT molecular complexity index is 979. The average Bonchev–Trinajstić information content (AvgIpc) is 3.40. The van der Waals surface area contributed by atoms with Gasteiger partial charge in [-0.25, -0.2) is 4.68 Å². The van der Waals surface area contributed by atoms with Crippen LogP contribution in [0.1, 0.15) is 28.2 Å². The fraction of sp³-hybridized carbons (Fsp3) is 0.400. The van der Waals surface area contributed by atoms with Gasteiger partial charge in [0.1, 0.15) is 4.83 Å². The van der Waals surface area contributed by atoms with Crippen LogP contribution < -0.4 is 0 Å². The molecule has 140 valence electrons. The van der Waals surface area contributed by atoms with Gasteiger partial charge in [0.15, 0.2) is 5.79 Å². The van der Waals surface area contributed by atoms with E-state index >= 15 is 0 Å². The molecule has 0 unspecified atom stereocenters. The molecule has 2 aliphatic rings. The molecule has 0 N–H and O–H groups in total. The van der Waals surface area contributed by atoms with Crippen molar-refractivity contribution in [2.24, 2.45) is 0 Å². The normalized spacial score (nSPS) is 19.2. The van der Waals surface area contributed by atoms with Crippen molar-refractivity contribution in [3.63, 3.8) is 0 Å². The monoisotopic (exact) mass is 383 g/mol. The van der Waals surface area contributed by atoms with Crippen molar-refractivity contribution in [2.45, 2.75) is 25.6 Å². The van der Waals surface area contributed by atoms with Crippen LogP contribution in [0.2, 0.25) is 0 Å². The van der Waals surface area contributed by atoms with E-state index in [1.165, 1.54) is 11.3 Å². The third kappa shape index (κ3) is 2.86. The molecule has 0 aliphatic carbocycles. The van der Waals surface area contributed by atoms with Gasteiger partial charge in [-0.1, -0.05) is 18.2 Å². The number of nitrogens with zero attached hydrogens (tertiary/aromatic N) is 3. The highest BCUT2D eigenvalue weighted by molar-refractivity contribution is 7.20. The van der Waals surface area contributed by atoms with Gasteiger partial charge in [-0.15, -0.1) is 11.3 Å². The Hall–Kier alpha value is -2.22. The second kappa shape index (κ2) is 6.44. The summed E-state index contributed by atoms with van der Waals surface area (Å²) in [5, 5.41) is 5.69. The highest BCUT2D eigenvalue weighted by Gasteiger charge is 2.41. The van der Waals surface area contributed by atoms with Gasteiger partial charge in [-0.3, -0.25) is 4.79 Å². The van der Waals surface area contributed by atoms with E-state index in [-0.39, 0.29) is 5.91 Å². The summed E-state index contributed by atoms with van der Waals surface area (Å²) in [5.74, 6) is -0.371. The Morgan fingerprint density at radius 3 is 2.56 bits per heavy atom. The molecular formula is C20H21N3O3S. The van der Waals surface area contributed by atoms with Crippen LogP contribution in [0.25, 0.3) is 15.9 Å². The molecule has 2 fully saturated rings. The summed E-state index contributed by atoms with van der Waals surface area (Å²) in [6.45, 7) is 4.62. The zero-order valence-corrected chi connectivity index (χ0v) is 16.0. The lowest BCUT2D eigenvalue weighted by Gasteiger charge is -2.37. The van der Waals surface area contributed by atoms with Crippen LogP contribution in [-0.4, -0.2) is 52.7 Å². The summed E-state index contributed by atoms with van der Waals surface area (Å²) in [6.07, 6.45) is 1.47. The molecule has 0 bridgehead atoms. The van der Waals surface area contributed by atoms with Gasteiger partial charge in [0.25, 0.3) is 5.91 Å². The smallest absolute Gasteiger partial charge is 0.264 e. The number of carbonyl (C=O) groups excluding carboxylic acids is 1. The SMILES string of the molecule is Cc1nn(-c2ccccc2)c2sc(C(=O)N3CCC4(CC3)OCCO4)cc12. The van der Waals surface area contributed by atoms with Crippen LogP contribution in [-0.2, 0) is 9.47 Å². The topological polar surface area (TPSA) is 56.6 Å². The molecule has 27 heavy (non-hydrogen) atoms. The minimum Gasteiger partial charge on any atom is -0.347 e. The van der Waals surface area contributed by atoms with Crippen molar-refractivity contribution in [1.29, 1.82) is 0 Å². The van der Waals surface area contributed by atoms with E-state index in [0.717, 1.165) is 39.3 Å². The van der Waals surface area contributed by atoms with Gasteiger partial charge in [-0.05, 0) is 25.1 Å². The quantitative estimate of drug-likeness (QED) is 0.681. The number of fused-ring (bicyclic) bond motifs is 1. The summed E-state index contributed by atoms with van der Waals surface area (Å²) in [6, 6.07) is 12.0. The van der Waals surface area contributed by atoms with Crippen molar-refractivity contribution in [3.8, 4) is 5.69 Å². The first-order valence-corrected chi connectivity index (χ1v) is 10.1. The number of ether oxygens (including phenoxy) is 2. The minimum absolute atomic E-state index is 0.0862. The highest BCUT2D eigenvalue weighted by Crippen LogP contribution is 2.34. The zero-order valence-electron chi connectivity index (χ0n) is 15.2. The van der Waals surface area contributed by atoms with Crippen LogP contribution in [0.15, 0.2) is 36.4 Å². The van der Waals surface area contributed by atoms with Crippen molar-refractivity contribution in [3.05, 3.63) is 47.0 Å². The Balaban J connectivity index is 1.41.